The molecule has 0 aliphatic heterocycles. The van der Waals surface area contributed by atoms with Gasteiger partial charge in [0.2, 0.25) is 0 Å². The van der Waals surface area contributed by atoms with Gasteiger partial charge in [0.25, 0.3) is 0 Å². The molecule has 0 fully saturated rings. The van der Waals surface area contributed by atoms with Gasteiger partial charge in [-0.25, -0.2) is 0 Å². The molecule has 2 nitrogen and oxygen atoms in total. The van der Waals surface area contributed by atoms with Crippen molar-refractivity contribution in [3.05, 3.63) is 22.8 Å². The highest BCUT2D eigenvalue weighted by molar-refractivity contribution is 5.68. The van der Waals surface area contributed by atoms with Crippen LogP contribution in [0.5, 0.6) is 0 Å². The summed E-state index contributed by atoms with van der Waals surface area (Å²) in [4.78, 5) is 0. The molecule has 0 unspecified atom stereocenters. The SMILES string of the molecule is Cc1c(N)cc(C(F)(F)F)c(C(F)(F)F)c1N. The summed E-state index contributed by atoms with van der Waals surface area (Å²) < 4.78 is 75.0. The Balaban J connectivity index is 3.71. The minimum absolute atomic E-state index is 0.217. The van der Waals surface area contributed by atoms with E-state index in [4.69, 9.17) is 11.5 Å². The van der Waals surface area contributed by atoms with Crippen LogP contribution in [0.15, 0.2) is 6.07 Å². The molecule has 0 aliphatic carbocycles. The quantitative estimate of drug-likeness (QED) is 0.554. The van der Waals surface area contributed by atoms with E-state index in [9.17, 15) is 26.3 Å². The predicted octanol–water partition coefficient (Wildman–Crippen LogP) is 3.20. The van der Waals surface area contributed by atoms with Crippen LogP contribution < -0.4 is 11.5 Å². The van der Waals surface area contributed by atoms with E-state index in [-0.39, 0.29) is 11.6 Å². The van der Waals surface area contributed by atoms with Crippen LogP contribution in [0.25, 0.3) is 0 Å². The molecule has 0 aromatic heterocycles. The lowest BCUT2D eigenvalue weighted by atomic mass is 9.99. The second kappa shape index (κ2) is 3.71. The zero-order chi connectivity index (χ0) is 13.6. The smallest absolute Gasteiger partial charge is 0.398 e. The van der Waals surface area contributed by atoms with Crippen LogP contribution in [-0.4, -0.2) is 0 Å². The van der Waals surface area contributed by atoms with Crippen molar-refractivity contribution in [1.29, 1.82) is 0 Å². The number of benzene rings is 1. The van der Waals surface area contributed by atoms with Crippen LogP contribution in [0.3, 0.4) is 0 Å². The highest BCUT2D eigenvalue weighted by Gasteiger charge is 2.45. The van der Waals surface area contributed by atoms with Gasteiger partial charge in [0.1, 0.15) is 0 Å². The van der Waals surface area contributed by atoms with Crippen molar-refractivity contribution < 1.29 is 26.3 Å². The summed E-state index contributed by atoms with van der Waals surface area (Å²) in [7, 11) is 0. The molecule has 0 saturated carbocycles. The molecule has 1 aromatic carbocycles. The van der Waals surface area contributed by atoms with Gasteiger partial charge in [0, 0.05) is 11.4 Å². The van der Waals surface area contributed by atoms with Crippen LogP contribution in [0.1, 0.15) is 16.7 Å². The van der Waals surface area contributed by atoms with Gasteiger partial charge >= 0.3 is 12.4 Å². The van der Waals surface area contributed by atoms with Crippen molar-refractivity contribution in [3.8, 4) is 0 Å². The second-order valence-corrected chi connectivity index (χ2v) is 3.42. The first-order valence-corrected chi connectivity index (χ1v) is 4.29. The molecular weight excluding hydrogens is 250 g/mol. The van der Waals surface area contributed by atoms with Gasteiger partial charge < -0.3 is 11.5 Å². The first-order valence-electron chi connectivity index (χ1n) is 4.29. The molecular formula is C9H8F6N2. The molecule has 4 N–H and O–H groups in total. The number of rotatable bonds is 0. The van der Waals surface area contributed by atoms with Gasteiger partial charge in [0.15, 0.2) is 0 Å². The summed E-state index contributed by atoms with van der Waals surface area (Å²) in [6, 6.07) is 0.245. The van der Waals surface area contributed by atoms with Crippen LogP contribution >= 0.6 is 0 Å². The Bertz CT molecular complexity index is 446. The van der Waals surface area contributed by atoms with Crippen LogP contribution in [0.2, 0.25) is 0 Å². The molecule has 96 valence electrons. The summed E-state index contributed by atoms with van der Waals surface area (Å²) in [6.45, 7) is 1.13. The maximum absolute atomic E-state index is 12.5. The number of hydrogen-bond acceptors (Lipinski definition) is 2. The third-order valence-electron chi connectivity index (χ3n) is 2.26. The Morgan fingerprint density at radius 3 is 1.76 bits per heavy atom. The maximum atomic E-state index is 12.5. The second-order valence-electron chi connectivity index (χ2n) is 3.42. The summed E-state index contributed by atoms with van der Waals surface area (Å²) in [5.74, 6) is 0. The average molecular weight is 258 g/mol. The molecule has 1 aromatic rings. The molecule has 1 rings (SSSR count). The van der Waals surface area contributed by atoms with E-state index in [1.54, 1.807) is 0 Å². The van der Waals surface area contributed by atoms with Crippen molar-refractivity contribution in [3.63, 3.8) is 0 Å². The Kier molecular flexibility index (Phi) is 2.94. The minimum atomic E-state index is -5.19. The molecule has 0 spiro atoms. The van der Waals surface area contributed by atoms with E-state index in [0.717, 1.165) is 6.92 Å². The summed E-state index contributed by atoms with van der Waals surface area (Å²) in [5.41, 5.74) is 4.85. The predicted molar refractivity (Wildman–Crippen MR) is 50.0 cm³/mol. The van der Waals surface area contributed by atoms with Gasteiger partial charge in [-0.2, -0.15) is 26.3 Å². The summed E-state index contributed by atoms with van der Waals surface area (Å²) in [5, 5.41) is 0. The molecule has 0 bridgehead atoms. The van der Waals surface area contributed by atoms with Crippen molar-refractivity contribution in [2.75, 3.05) is 11.5 Å². The zero-order valence-electron chi connectivity index (χ0n) is 8.50. The van der Waals surface area contributed by atoms with Gasteiger partial charge in [-0.05, 0) is 18.6 Å². The molecule has 17 heavy (non-hydrogen) atoms. The number of hydrogen-bond donors (Lipinski definition) is 2. The number of nitrogens with two attached hydrogens (primary N) is 2. The van der Waals surface area contributed by atoms with Gasteiger partial charge in [-0.1, -0.05) is 0 Å². The third-order valence-corrected chi connectivity index (χ3v) is 2.26. The van der Waals surface area contributed by atoms with Crippen molar-refractivity contribution in [2.24, 2.45) is 0 Å². The fourth-order valence-corrected chi connectivity index (χ4v) is 1.35. The Morgan fingerprint density at radius 2 is 1.41 bits per heavy atom. The lowest BCUT2D eigenvalue weighted by Crippen LogP contribution is -2.20. The van der Waals surface area contributed by atoms with Crippen LogP contribution in [-0.2, 0) is 12.4 Å². The Hall–Kier alpha value is -1.60. The fraction of sp³-hybridized carbons (Fsp3) is 0.333. The van der Waals surface area contributed by atoms with Crippen LogP contribution in [0, 0.1) is 6.92 Å². The summed E-state index contributed by atoms with van der Waals surface area (Å²) >= 11 is 0. The molecule has 0 atom stereocenters. The van der Waals surface area contributed by atoms with E-state index in [1.165, 1.54) is 0 Å². The number of anilines is 2. The molecule has 0 aliphatic rings. The standard InChI is InChI=1S/C9H8F6N2/c1-3-5(16)2-4(8(10,11)12)6(7(3)17)9(13,14)15/h2H,16-17H2,1H3. The molecule has 0 radical (unpaired) electrons. The number of alkyl halides is 6. The average Bonchev–Trinajstić information content (AvgIpc) is 2.09. The first kappa shape index (κ1) is 13.5. The van der Waals surface area contributed by atoms with Gasteiger partial charge in [0.05, 0.1) is 11.1 Å². The van der Waals surface area contributed by atoms with Gasteiger partial charge in [-0.3, -0.25) is 0 Å². The maximum Gasteiger partial charge on any atom is 0.418 e. The van der Waals surface area contributed by atoms with E-state index >= 15 is 0 Å². The minimum Gasteiger partial charge on any atom is -0.398 e. The van der Waals surface area contributed by atoms with Crippen molar-refractivity contribution in [1.82, 2.24) is 0 Å². The van der Waals surface area contributed by atoms with Crippen LogP contribution in [0.4, 0.5) is 37.7 Å². The highest BCUT2D eigenvalue weighted by Crippen LogP contribution is 2.45. The molecule has 0 amide bonds. The van der Waals surface area contributed by atoms with E-state index < -0.39 is 34.9 Å². The molecule has 0 heterocycles. The van der Waals surface area contributed by atoms with Crippen molar-refractivity contribution in [2.45, 2.75) is 19.3 Å². The normalized spacial score (nSPS) is 12.9. The fourth-order valence-electron chi connectivity index (χ4n) is 1.35. The lowest BCUT2D eigenvalue weighted by molar-refractivity contribution is -0.161. The number of nitrogen functional groups attached to an aromatic ring is 2. The monoisotopic (exact) mass is 258 g/mol. The first-order chi connectivity index (χ1) is 7.46. The van der Waals surface area contributed by atoms with Crippen molar-refractivity contribution >= 4 is 11.4 Å². The number of halogens is 6. The van der Waals surface area contributed by atoms with E-state index in [0.29, 0.717) is 0 Å². The topological polar surface area (TPSA) is 52.0 Å². The third kappa shape index (κ3) is 2.40. The molecule has 8 heteroatoms. The van der Waals surface area contributed by atoms with E-state index in [1.807, 2.05) is 0 Å². The zero-order valence-corrected chi connectivity index (χ0v) is 8.50. The summed E-state index contributed by atoms with van der Waals surface area (Å²) in [6.07, 6.45) is -10.4. The largest absolute Gasteiger partial charge is 0.418 e. The Labute approximate surface area is 92.2 Å². The van der Waals surface area contributed by atoms with E-state index in [2.05, 4.69) is 0 Å². The highest BCUT2D eigenvalue weighted by atomic mass is 19.4. The van der Waals surface area contributed by atoms with Gasteiger partial charge in [-0.15, -0.1) is 0 Å². The molecule has 0 saturated heterocycles. The lowest BCUT2D eigenvalue weighted by Gasteiger charge is -2.20. The Morgan fingerprint density at radius 1 is 0.941 bits per heavy atom.